The first kappa shape index (κ1) is 13.5. The predicted octanol–water partition coefficient (Wildman–Crippen LogP) is 2.52. The van der Waals surface area contributed by atoms with Gasteiger partial charge >= 0.3 is 0 Å². The Kier molecular flexibility index (Phi) is 5.43. The lowest BCUT2D eigenvalue weighted by atomic mass is 10.0. The molecule has 1 atom stereocenters. The number of hydrogen-bond donors (Lipinski definition) is 2. The average molecular weight is 232 g/mol. The second-order valence-electron chi connectivity index (χ2n) is 4.34. The average Bonchev–Trinajstić information content (AvgIpc) is 2.34. The molecule has 0 aliphatic rings. The molecule has 0 fully saturated rings. The van der Waals surface area contributed by atoms with Gasteiger partial charge in [0.05, 0.1) is 0 Å². The SMILES string of the molecule is C=CC[C@@H](NNC(=O)c1ccccc1)C(C)C. The van der Waals surface area contributed by atoms with Crippen molar-refractivity contribution in [2.45, 2.75) is 26.3 Å². The standard InChI is InChI=1S/C14H20N2O/c1-4-8-13(11(2)3)15-16-14(17)12-9-6-5-7-10-12/h4-7,9-11,13,15H,1,8H2,2-3H3,(H,16,17)/t13-/m1/s1. The molecule has 0 heterocycles. The molecule has 0 spiro atoms. The van der Waals surface area contributed by atoms with E-state index in [4.69, 9.17) is 0 Å². The van der Waals surface area contributed by atoms with Crippen LogP contribution in [0.2, 0.25) is 0 Å². The molecule has 1 aromatic carbocycles. The van der Waals surface area contributed by atoms with Crippen LogP contribution in [0.25, 0.3) is 0 Å². The first-order valence-electron chi connectivity index (χ1n) is 5.87. The number of carbonyl (C=O) groups is 1. The molecule has 2 N–H and O–H groups in total. The summed E-state index contributed by atoms with van der Waals surface area (Å²) in [6.45, 7) is 7.93. The number of carbonyl (C=O) groups excluding carboxylic acids is 1. The second kappa shape index (κ2) is 6.86. The van der Waals surface area contributed by atoms with Crippen molar-refractivity contribution in [2.24, 2.45) is 5.92 Å². The molecule has 17 heavy (non-hydrogen) atoms. The molecule has 0 unspecified atom stereocenters. The topological polar surface area (TPSA) is 41.1 Å². The van der Waals surface area contributed by atoms with Crippen molar-refractivity contribution in [2.75, 3.05) is 0 Å². The first-order chi connectivity index (χ1) is 8.15. The molecular weight excluding hydrogens is 212 g/mol. The molecule has 92 valence electrons. The summed E-state index contributed by atoms with van der Waals surface area (Å²) in [4.78, 5) is 11.8. The zero-order valence-corrected chi connectivity index (χ0v) is 10.4. The van der Waals surface area contributed by atoms with Crippen LogP contribution in [0.5, 0.6) is 0 Å². The molecule has 0 aliphatic carbocycles. The fraction of sp³-hybridized carbons (Fsp3) is 0.357. The van der Waals surface area contributed by atoms with E-state index in [1.165, 1.54) is 0 Å². The minimum atomic E-state index is -0.111. The lowest BCUT2D eigenvalue weighted by molar-refractivity contribution is 0.0920. The van der Waals surface area contributed by atoms with Crippen molar-refractivity contribution >= 4 is 5.91 Å². The number of benzene rings is 1. The van der Waals surface area contributed by atoms with E-state index in [0.29, 0.717) is 11.5 Å². The number of rotatable bonds is 6. The van der Waals surface area contributed by atoms with Gasteiger partial charge < -0.3 is 0 Å². The van der Waals surface area contributed by atoms with E-state index in [-0.39, 0.29) is 11.9 Å². The third-order valence-corrected chi connectivity index (χ3v) is 2.63. The van der Waals surface area contributed by atoms with Gasteiger partial charge in [0.1, 0.15) is 0 Å². The Hall–Kier alpha value is -1.61. The van der Waals surface area contributed by atoms with E-state index in [9.17, 15) is 4.79 Å². The summed E-state index contributed by atoms with van der Waals surface area (Å²) in [6, 6.07) is 9.36. The molecule has 3 nitrogen and oxygen atoms in total. The largest absolute Gasteiger partial charge is 0.287 e. The van der Waals surface area contributed by atoms with Crippen LogP contribution in [-0.4, -0.2) is 11.9 Å². The Morgan fingerprint density at radius 3 is 2.53 bits per heavy atom. The van der Waals surface area contributed by atoms with Crippen molar-refractivity contribution in [3.05, 3.63) is 48.6 Å². The number of nitrogens with one attached hydrogen (secondary N) is 2. The van der Waals surface area contributed by atoms with Crippen molar-refractivity contribution in [3.63, 3.8) is 0 Å². The molecule has 1 amide bonds. The summed E-state index contributed by atoms with van der Waals surface area (Å²) in [5, 5.41) is 0. The van der Waals surface area contributed by atoms with Crippen molar-refractivity contribution < 1.29 is 4.79 Å². The summed E-state index contributed by atoms with van der Waals surface area (Å²) in [7, 11) is 0. The number of hydrazine groups is 1. The van der Waals surface area contributed by atoms with Gasteiger partial charge in [-0.1, -0.05) is 38.1 Å². The Bertz CT molecular complexity index is 360. The van der Waals surface area contributed by atoms with E-state index >= 15 is 0 Å². The molecule has 1 rings (SSSR count). The van der Waals surface area contributed by atoms with Gasteiger partial charge in [0.15, 0.2) is 0 Å². The molecule has 0 saturated heterocycles. The fourth-order valence-corrected chi connectivity index (χ4v) is 1.50. The lowest BCUT2D eigenvalue weighted by Crippen LogP contribution is -2.46. The minimum Gasteiger partial charge on any atom is -0.287 e. The van der Waals surface area contributed by atoms with Crippen LogP contribution in [0.4, 0.5) is 0 Å². The quantitative estimate of drug-likeness (QED) is 0.584. The maximum absolute atomic E-state index is 11.8. The van der Waals surface area contributed by atoms with Crippen LogP contribution < -0.4 is 10.9 Å². The van der Waals surface area contributed by atoms with E-state index < -0.39 is 0 Å². The normalized spacial score (nSPS) is 12.2. The van der Waals surface area contributed by atoms with E-state index in [1.807, 2.05) is 24.3 Å². The first-order valence-corrected chi connectivity index (χ1v) is 5.87. The molecule has 0 bridgehead atoms. The van der Waals surface area contributed by atoms with E-state index in [1.54, 1.807) is 12.1 Å². The Morgan fingerprint density at radius 2 is 2.00 bits per heavy atom. The maximum atomic E-state index is 11.8. The van der Waals surface area contributed by atoms with Gasteiger partial charge in [-0.2, -0.15) is 0 Å². The highest BCUT2D eigenvalue weighted by molar-refractivity contribution is 5.93. The fourth-order valence-electron chi connectivity index (χ4n) is 1.50. The smallest absolute Gasteiger partial charge is 0.265 e. The van der Waals surface area contributed by atoms with Gasteiger partial charge in [-0.15, -0.1) is 6.58 Å². The molecular formula is C14H20N2O. The third kappa shape index (κ3) is 4.41. The van der Waals surface area contributed by atoms with Gasteiger partial charge in [0, 0.05) is 11.6 Å². The van der Waals surface area contributed by atoms with Gasteiger partial charge in [0.25, 0.3) is 5.91 Å². The van der Waals surface area contributed by atoms with Crippen LogP contribution >= 0.6 is 0 Å². The third-order valence-electron chi connectivity index (χ3n) is 2.63. The van der Waals surface area contributed by atoms with E-state index in [0.717, 1.165) is 6.42 Å². The second-order valence-corrected chi connectivity index (χ2v) is 4.34. The summed E-state index contributed by atoms with van der Waals surface area (Å²) < 4.78 is 0. The lowest BCUT2D eigenvalue weighted by Gasteiger charge is -2.21. The zero-order valence-electron chi connectivity index (χ0n) is 10.4. The minimum absolute atomic E-state index is 0.111. The monoisotopic (exact) mass is 232 g/mol. The number of amides is 1. The zero-order chi connectivity index (χ0) is 12.7. The van der Waals surface area contributed by atoms with E-state index in [2.05, 4.69) is 31.3 Å². The summed E-state index contributed by atoms with van der Waals surface area (Å²) in [6.07, 6.45) is 2.68. The predicted molar refractivity (Wildman–Crippen MR) is 70.5 cm³/mol. The van der Waals surface area contributed by atoms with Crippen molar-refractivity contribution in [1.82, 2.24) is 10.9 Å². The van der Waals surface area contributed by atoms with Gasteiger partial charge in [0.2, 0.25) is 0 Å². The summed E-state index contributed by atoms with van der Waals surface area (Å²) >= 11 is 0. The molecule has 0 aliphatic heterocycles. The van der Waals surface area contributed by atoms with Crippen LogP contribution in [-0.2, 0) is 0 Å². The molecule has 3 heteroatoms. The summed E-state index contributed by atoms with van der Waals surface area (Å²) in [5.74, 6) is 0.324. The highest BCUT2D eigenvalue weighted by Gasteiger charge is 2.12. The highest BCUT2D eigenvalue weighted by atomic mass is 16.2. The van der Waals surface area contributed by atoms with Crippen LogP contribution in [0.15, 0.2) is 43.0 Å². The van der Waals surface area contributed by atoms with Crippen LogP contribution in [0.1, 0.15) is 30.6 Å². The van der Waals surface area contributed by atoms with Crippen molar-refractivity contribution in [1.29, 1.82) is 0 Å². The maximum Gasteiger partial charge on any atom is 0.265 e. The van der Waals surface area contributed by atoms with Gasteiger partial charge in [-0.3, -0.25) is 10.2 Å². The van der Waals surface area contributed by atoms with Crippen molar-refractivity contribution in [3.8, 4) is 0 Å². The van der Waals surface area contributed by atoms with Gasteiger partial charge in [-0.05, 0) is 24.5 Å². The highest BCUT2D eigenvalue weighted by Crippen LogP contribution is 2.05. The Labute approximate surface area is 103 Å². The number of hydrogen-bond acceptors (Lipinski definition) is 2. The Morgan fingerprint density at radius 1 is 1.35 bits per heavy atom. The van der Waals surface area contributed by atoms with Crippen LogP contribution in [0.3, 0.4) is 0 Å². The van der Waals surface area contributed by atoms with Gasteiger partial charge in [-0.25, -0.2) is 5.43 Å². The molecule has 0 saturated carbocycles. The summed E-state index contributed by atoms with van der Waals surface area (Å²) in [5.41, 5.74) is 6.43. The molecule has 1 aromatic rings. The Balaban J connectivity index is 2.49. The molecule has 0 radical (unpaired) electrons. The molecule has 0 aromatic heterocycles. The van der Waals surface area contributed by atoms with Crippen LogP contribution in [0, 0.1) is 5.92 Å².